The summed E-state index contributed by atoms with van der Waals surface area (Å²) in [7, 11) is 0. The summed E-state index contributed by atoms with van der Waals surface area (Å²) in [5.74, 6) is 11.9. The standard InChI is InChI=1S/C52H58F2O8/c1-39(57-35-9-5-7-11-37-59-49-29-21-45(22-30-49)15-13-43-17-25-47(53)26-18-43)41(3)61-51(55)33-34-52(56)62-42(4)40(2)58-36-10-6-8-12-38-60-50-31-23-46(24-32-50)16-14-44-19-27-48(54)28-20-44/h17-34,39-42H,5-12,35-38H2,1-4H3/b34-33+/t39?,40?,41-,42-/m0/s1. The molecule has 62 heavy (non-hydrogen) atoms. The van der Waals surface area contributed by atoms with E-state index in [1.54, 1.807) is 38.1 Å². The molecule has 4 aromatic carbocycles. The highest BCUT2D eigenvalue weighted by atomic mass is 19.1. The van der Waals surface area contributed by atoms with Crippen molar-refractivity contribution in [2.75, 3.05) is 26.4 Å². The Bertz CT molecular complexity index is 1930. The lowest BCUT2D eigenvalue weighted by Gasteiger charge is -2.21. The van der Waals surface area contributed by atoms with Crippen LogP contribution in [0.1, 0.15) is 101 Å². The topological polar surface area (TPSA) is 89.5 Å². The van der Waals surface area contributed by atoms with Crippen LogP contribution in [-0.2, 0) is 28.5 Å². The molecule has 0 N–H and O–H groups in total. The Hall–Kier alpha value is -5.94. The molecule has 0 aliphatic rings. The van der Waals surface area contributed by atoms with Crippen molar-refractivity contribution < 1.29 is 46.8 Å². The Morgan fingerprint density at radius 2 is 0.726 bits per heavy atom. The van der Waals surface area contributed by atoms with E-state index in [9.17, 15) is 18.4 Å². The lowest BCUT2D eigenvalue weighted by molar-refractivity contribution is -0.152. The van der Waals surface area contributed by atoms with E-state index in [1.165, 1.54) is 24.3 Å². The SMILES string of the molecule is CC(OCCCCCCOc1ccc(C#Cc2ccc(F)cc2)cc1)[C@H](C)OC(=O)/C=C/C(=O)O[C@@H](C)C(C)OCCCCCCOc1ccc(C#Cc2ccc(F)cc2)cc1. The first kappa shape index (κ1) is 48.7. The maximum absolute atomic E-state index is 13.1. The fraction of sp³-hybridized carbons (Fsp3) is 0.385. The molecule has 0 spiro atoms. The van der Waals surface area contributed by atoms with Crippen LogP contribution in [0.4, 0.5) is 8.78 Å². The van der Waals surface area contributed by atoms with E-state index in [1.807, 2.05) is 62.4 Å². The molecule has 0 aliphatic heterocycles. The van der Waals surface area contributed by atoms with E-state index in [0.29, 0.717) is 26.4 Å². The Balaban J connectivity index is 0.957. The molecule has 4 aromatic rings. The molecule has 8 nitrogen and oxygen atoms in total. The van der Waals surface area contributed by atoms with E-state index in [4.69, 9.17) is 28.4 Å². The highest BCUT2D eigenvalue weighted by molar-refractivity contribution is 5.91. The van der Waals surface area contributed by atoms with Gasteiger partial charge in [-0.3, -0.25) is 0 Å². The van der Waals surface area contributed by atoms with Crippen LogP contribution in [0.25, 0.3) is 0 Å². The Morgan fingerprint density at radius 1 is 0.435 bits per heavy atom. The van der Waals surface area contributed by atoms with Gasteiger partial charge in [0, 0.05) is 47.6 Å². The summed E-state index contributed by atoms with van der Waals surface area (Å²) in [5.41, 5.74) is 3.22. The van der Waals surface area contributed by atoms with Crippen molar-refractivity contribution in [1.82, 2.24) is 0 Å². The van der Waals surface area contributed by atoms with Crippen molar-refractivity contribution in [3.8, 4) is 35.2 Å². The van der Waals surface area contributed by atoms with Gasteiger partial charge in [-0.2, -0.15) is 0 Å². The predicted octanol–water partition coefficient (Wildman–Crippen LogP) is 10.6. The third-order valence-electron chi connectivity index (χ3n) is 9.76. The van der Waals surface area contributed by atoms with Gasteiger partial charge in [-0.15, -0.1) is 0 Å². The van der Waals surface area contributed by atoms with Gasteiger partial charge in [-0.05, 0) is 163 Å². The molecule has 0 heterocycles. The Morgan fingerprint density at radius 3 is 1.05 bits per heavy atom. The van der Waals surface area contributed by atoms with Crippen molar-refractivity contribution in [3.63, 3.8) is 0 Å². The molecule has 0 fully saturated rings. The van der Waals surface area contributed by atoms with Crippen LogP contribution >= 0.6 is 0 Å². The Kier molecular flexibility index (Phi) is 21.9. The van der Waals surface area contributed by atoms with Crippen LogP contribution in [-0.4, -0.2) is 62.8 Å². The van der Waals surface area contributed by atoms with Crippen LogP contribution < -0.4 is 9.47 Å². The Labute approximate surface area is 365 Å². The zero-order valence-electron chi connectivity index (χ0n) is 36.2. The highest BCUT2D eigenvalue weighted by Crippen LogP contribution is 2.15. The average molecular weight is 849 g/mol. The zero-order valence-corrected chi connectivity index (χ0v) is 36.2. The van der Waals surface area contributed by atoms with Gasteiger partial charge < -0.3 is 28.4 Å². The molecule has 4 atom stereocenters. The molecule has 10 heteroatoms. The minimum Gasteiger partial charge on any atom is -0.494 e. The molecule has 4 rings (SSSR count). The number of esters is 2. The molecular weight excluding hydrogens is 791 g/mol. The number of unbranched alkanes of at least 4 members (excludes halogenated alkanes) is 6. The van der Waals surface area contributed by atoms with Gasteiger partial charge in [0.15, 0.2) is 0 Å². The first-order valence-corrected chi connectivity index (χ1v) is 21.4. The first-order chi connectivity index (χ1) is 30.0. The van der Waals surface area contributed by atoms with Gasteiger partial charge in [0.25, 0.3) is 0 Å². The molecular formula is C52H58F2O8. The maximum Gasteiger partial charge on any atom is 0.331 e. The third-order valence-corrected chi connectivity index (χ3v) is 9.76. The normalized spacial score (nSPS) is 12.8. The second kappa shape index (κ2) is 27.8. The van der Waals surface area contributed by atoms with Crippen molar-refractivity contribution in [2.45, 2.75) is 103 Å². The zero-order chi connectivity index (χ0) is 44.4. The predicted molar refractivity (Wildman–Crippen MR) is 237 cm³/mol. The number of halogens is 2. The number of benzene rings is 4. The summed E-state index contributed by atoms with van der Waals surface area (Å²) in [4.78, 5) is 24.7. The summed E-state index contributed by atoms with van der Waals surface area (Å²) < 4.78 is 60.4. The molecule has 0 radical (unpaired) electrons. The molecule has 0 saturated heterocycles. The molecule has 0 saturated carbocycles. The second-order valence-corrected chi connectivity index (χ2v) is 14.9. The van der Waals surface area contributed by atoms with E-state index in [2.05, 4.69) is 23.7 Å². The van der Waals surface area contributed by atoms with Gasteiger partial charge in [0.1, 0.15) is 35.3 Å². The van der Waals surface area contributed by atoms with Gasteiger partial charge in [0.05, 0.1) is 25.4 Å². The molecule has 328 valence electrons. The summed E-state index contributed by atoms with van der Waals surface area (Å²) in [6.45, 7) is 9.49. The van der Waals surface area contributed by atoms with E-state index in [0.717, 1.165) is 97.3 Å². The van der Waals surface area contributed by atoms with Crippen LogP contribution in [0.5, 0.6) is 11.5 Å². The fourth-order valence-corrected chi connectivity index (χ4v) is 5.70. The van der Waals surface area contributed by atoms with Crippen molar-refractivity contribution in [1.29, 1.82) is 0 Å². The number of carbonyl (C=O) groups excluding carboxylic acids is 2. The van der Waals surface area contributed by atoms with E-state index in [-0.39, 0.29) is 23.8 Å². The number of rotatable bonds is 24. The minimum atomic E-state index is -0.650. The number of ether oxygens (including phenoxy) is 6. The number of hydrogen-bond donors (Lipinski definition) is 0. The molecule has 0 aliphatic carbocycles. The van der Waals surface area contributed by atoms with Gasteiger partial charge in [-0.25, -0.2) is 18.4 Å². The first-order valence-electron chi connectivity index (χ1n) is 21.4. The lowest BCUT2D eigenvalue weighted by atomic mass is 10.2. The quantitative estimate of drug-likeness (QED) is 0.0298. The largest absolute Gasteiger partial charge is 0.494 e. The summed E-state index contributed by atoms with van der Waals surface area (Å²) in [6.07, 6.45) is 7.98. The summed E-state index contributed by atoms with van der Waals surface area (Å²) in [5, 5.41) is 0. The summed E-state index contributed by atoms with van der Waals surface area (Å²) in [6, 6.07) is 27.3. The highest BCUT2D eigenvalue weighted by Gasteiger charge is 2.18. The van der Waals surface area contributed by atoms with Gasteiger partial charge in [-0.1, -0.05) is 36.5 Å². The molecule has 0 aromatic heterocycles. The van der Waals surface area contributed by atoms with Crippen molar-refractivity contribution in [3.05, 3.63) is 143 Å². The molecule has 2 unspecified atom stereocenters. The number of hydrogen-bond acceptors (Lipinski definition) is 8. The van der Waals surface area contributed by atoms with Crippen molar-refractivity contribution in [2.24, 2.45) is 0 Å². The molecule has 0 amide bonds. The minimum absolute atomic E-state index is 0.282. The molecule has 0 bridgehead atoms. The van der Waals surface area contributed by atoms with Crippen LogP contribution in [0.15, 0.2) is 109 Å². The van der Waals surface area contributed by atoms with E-state index >= 15 is 0 Å². The van der Waals surface area contributed by atoms with E-state index < -0.39 is 24.1 Å². The lowest BCUT2D eigenvalue weighted by Crippen LogP contribution is -2.29. The van der Waals surface area contributed by atoms with Crippen LogP contribution in [0, 0.1) is 35.3 Å². The van der Waals surface area contributed by atoms with Crippen molar-refractivity contribution >= 4 is 11.9 Å². The maximum atomic E-state index is 13.1. The third kappa shape index (κ3) is 20.1. The number of carbonyl (C=O) groups is 2. The van der Waals surface area contributed by atoms with Gasteiger partial charge in [0.2, 0.25) is 0 Å². The summed E-state index contributed by atoms with van der Waals surface area (Å²) >= 11 is 0. The smallest absolute Gasteiger partial charge is 0.331 e. The monoisotopic (exact) mass is 848 g/mol. The van der Waals surface area contributed by atoms with Gasteiger partial charge >= 0.3 is 11.9 Å². The van der Waals surface area contributed by atoms with Crippen LogP contribution in [0.2, 0.25) is 0 Å². The second-order valence-electron chi connectivity index (χ2n) is 14.9. The van der Waals surface area contributed by atoms with Crippen LogP contribution in [0.3, 0.4) is 0 Å². The average Bonchev–Trinajstić information content (AvgIpc) is 3.27. The fourth-order valence-electron chi connectivity index (χ4n) is 5.70.